The number of benzene rings is 2. The Hall–Kier alpha value is -2.49. The Morgan fingerprint density at radius 1 is 0.769 bits per heavy atom. The van der Waals surface area contributed by atoms with Crippen LogP contribution in [0.5, 0.6) is 0 Å². The molecule has 0 heterocycles. The quantitative estimate of drug-likeness (QED) is 0.177. The smallest absolute Gasteiger partial charge is 0.309 e. The second-order valence-corrected chi connectivity index (χ2v) is 13.0. The first-order valence-electron chi connectivity index (χ1n) is 15.4. The number of carbonyl (C=O) groups is 1. The largest absolute Gasteiger partial charge is 0.487 e. The molecule has 0 radical (unpaired) electrons. The molecule has 2 aromatic rings. The molecule has 0 aliphatic heterocycles. The van der Waals surface area contributed by atoms with Crippen LogP contribution in [0.25, 0.3) is 0 Å². The molecular weight excluding hydrogens is 479 g/mol. The van der Waals surface area contributed by atoms with Crippen LogP contribution in [-0.2, 0) is 19.8 Å². The van der Waals surface area contributed by atoms with Gasteiger partial charge in [0.25, 0.3) is 0 Å². The molecule has 2 saturated carbocycles. The van der Waals surface area contributed by atoms with Gasteiger partial charge in [-0.15, -0.1) is 0 Å². The van der Waals surface area contributed by atoms with Gasteiger partial charge in [0.15, 0.2) is 14.0 Å². The molecule has 3 nitrogen and oxygen atoms in total. The van der Waals surface area contributed by atoms with Crippen molar-refractivity contribution in [3.05, 3.63) is 84.1 Å². The third-order valence-electron chi connectivity index (χ3n) is 9.75. The topological polar surface area (TPSA) is 35.5 Å². The minimum atomic E-state index is -0.993. The second kappa shape index (κ2) is 13.2. The molecule has 4 rings (SSSR count). The fraction of sp³-hybridized carbons (Fsp3) is 0.571. The monoisotopic (exact) mass is 528 g/mol. The molecule has 4 heteroatoms. The number of allylic oxidation sites excluding steroid dienone is 1. The van der Waals surface area contributed by atoms with Crippen molar-refractivity contribution in [2.45, 2.75) is 90.7 Å². The highest BCUT2D eigenvalue weighted by Gasteiger charge is 2.45. The summed E-state index contributed by atoms with van der Waals surface area (Å²) < 4.78 is 13.5. The van der Waals surface area contributed by atoms with E-state index in [9.17, 15) is 4.79 Å². The van der Waals surface area contributed by atoms with Crippen LogP contribution in [-0.4, -0.2) is 13.8 Å². The van der Waals surface area contributed by atoms with Crippen LogP contribution < -0.4 is 0 Å². The van der Waals surface area contributed by atoms with E-state index in [1.54, 1.807) is 0 Å². The molecule has 0 bridgehead atoms. The van der Waals surface area contributed by atoms with E-state index in [-0.39, 0.29) is 11.9 Å². The lowest BCUT2D eigenvalue weighted by Gasteiger charge is -2.41. The molecule has 2 aliphatic rings. The van der Waals surface area contributed by atoms with Crippen molar-refractivity contribution < 1.29 is 14.3 Å². The highest BCUT2D eigenvalue weighted by molar-refractivity contribution is 6.16. The molecule has 210 valence electrons. The first kappa shape index (κ1) is 29.5. The molecule has 0 spiro atoms. The number of rotatable bonds is 10. The van der Waals surface area contributed by atoms with Crippen LogP contribution >= 0.6 is 0 Å². The van der Waals surface area contributed by atoms with Gasteiger partial charge >= 0.3 is 5.97 Å². The Bertz CT molecular complexity index is 1050. The average molecular weight is 529 g/mol. The summed E-state index contributed by atoms with van der Waals surface area (Å²) in [5.41, 5.74) is 0.948. The van der Waals surface area contributed by atoms with E-state index < -0.39 is 11.6 Å². The van der Waals surface area contributed by atoms with Gasteiger partial charge in [-0.05, 0) is 86.2 Å². The van der Waals surface area contributed by atoms with Crippen molar-refractivity contribution in [1.29, 1.82) is 0 Å². The van der Waals surface area contributed by atoms with Gasteiger partial charge in [0.1, 0.15) is 5.50 Å². The summed E-state index contributed by atoms with van der Waals surface area (Å²) in [4.78, 5) is 13.8. The van der Waals surface area contributed by atoms with Gasteiger partial charge in [0, 0.05) is 5.92 Å². The Labute approximate surface area is 238 Å². The minimum Gasteiger partial charge on any atom is -0.487 e. The van der Waals surface area contributed by atoms with Gasteiger partial charge in [-0.3, -0.25) is 4.79 Å². The van der Waals surface area contributed by atoms with E-state index in [0.717, 1.165) is 61.3 Å². The number of esters is 1. The molecule has 2 aliphatic carbocycles. The van der Waals surface area contributed by atoms with Crippen LogP contribution in [0.15, 0.2) is 73.0 Å². The maximum Gasteiger partial charge on any atom is 0.309 e. The van der Waals surface area contributed by atoms with Crippen molar-refractivity contribution >= 4 is 13.8 Å². The molecule has 0 N–H and O–H groups in total. The summed E-state index contributed by atoms with van der Waals surface area (Å²) in [6.07, 6.45) is 8.11. The summed E-state index contributed by atoms with van der Waals surface area (Å²) in [6, 6.07) is 20.4. The van der Waals surface area contributed by atoms with Crippen molar-refractivity contribution in [3.8, 4) is 0 Å². The van der Waals surface area contributed by atoms with Gasteiger partial charge in [-0.2, -0.15) is 0 Å². The number of carbonyl (C=O) groups excluding carboxylic acids is 1. The summed E-state index contributed by atoms with van der Waals surface area (Å²) in [6.45, 7) is 13.7. The molecule has 2 atom stereocenters. The lowest BCUT2D eigenvalue weighted by atomic mass is 9.68. The fourth-order valence-corrected chi connectivity index (χ4v) is 6.83. The van der Waals surface area contributed by atoms with E-state index in [1.807, 2.05) is 44.2 Å². The molecule has 0 aromatic heterocycles. The molecule has 0 amide bonds. The fourth-order valence-electron chi connectivity index (χ4n) is 6.83. The highest BCUT2D eigenvalue weighted by Crippen LogP contribution is 2.45. The average Bonchev–Trinajstić information content (AvgIpc) is 2.96. The highest BCUT2D eigenvalue weighted by atomic mass is 16.6. The maximum atomic E-state index is 13.8. The predicted molar refractivity (Wildman–Crippen MR) is 163 cm³/mol. The zero-order chi connectivity index (χ0) is 28.0. The number of hydrogen-bond acceptors (Lipinski definition) is 3. The molecular formula is C35H49BO3. The van der Waals surface area contributed by atoms with Crippen LogP contribution in [0.4, 0.5) is 0 Å². The Balaban J connectivity index is 1.60. The van der Waals surface area contributed by atoms with E-state index in [2.05, 4.69) is 58.5 Å². The number of ether oxygens (including phenoxy) is 2. The third kappa shape index (κ3) is 7.18. The number of hydrogen-bond donors (Lipinski definition) is 0. The Kier molecular flexibility index (Phi) is 10.0. The first-order valence-corrected chi connectivity index (χ1v) is 15.4. The molecule has 0 unspecified atom stereocenters. The van der Waals surface area contributed by atoms with Gasteiger partial charge < -0.3 is 9.47 Å². The van der Waals surface area contributed by atoms with E-state index in [0.29, 0.717) is 23.7 Å². The van der Waals surface area contributed by atoms with Crippen molar-refractivity contribution in [1.82, 2.24) is 0 Å². The van der Waals surface area contributed by atoms with Gasteiger partial charge in [-0.1, -0.05) is 94.9 Å². The van der Waals surface area contributed by atoms with E-state index in [1.165, 1.54) is 12.8 Å². The summed E-state index contributed by atoms with van der Waals surface area (Å²) >= 11 is 0. The van der Waals surface area contributed by atoms with E-state index >= 15 is 0 Å². The molecule has 0 saturated heterocycles. The standard InChI is InChI=1S/C35H49BO3/c1-24(2)27-16-20-29(21-17-27)26(5)38-33(30-12-8-6-9-13-30)35(36,32-14-10-7-11-15-32)39-34(37)31-22-18-28(19-23-31)25(3)4/h6-15,24-25,27-29,31,33H,5,16-23,36H2,1-4H3/t27?,28?,29?,31?,33-,35-/m1/s1. The van der Waals surface area contributed by atoms with Crippen LogP contribution in [0.3, 0.4) is 0 Å². The lowest BCUT2D eigenvalue weighted by Crippen LogP contribution is -2.43. The lowest BCUT2D eigenvalue weighted by molar-refractivity contribution is -0.171. The van der Waals surface area contributed by atoms with Gasteiger partial charge in [0.2, 0.25) is 0 Å². The van der Waals surface area contributed by atoms with E-state index in [4.69, 9.17) is 9.47 Å². The van der Waals surface area contributed by atoms with Crippen LogP contribution in [0, 0.1) is 35.5 Å². The normalized spacial score (nSPS) is 26.0. The predicted octanol–water partition coefficient (Wildman–Crippen LogP) is 8.21. The molecule has 39 heavy (non-hydrogen) atoms. The summed E-state index contributed by atoms with van der Waals surface area (Å²) in [7, 11) is 2.03. The maximum absolute atomic E-state index is 13.8. The van der Waals surface area contributed by atoms with Crippen molar-refractivity contribution in [3.63, 3.8) is 0 Å². The third-order valence-corrected chi connectivity index (χ3v) is 9.75. The minimum absolute atomic E-state index is 0.0611. The van der Waals surface area contributed by atoms with Crippen LogP contribution in [0.2, 0.25) is 0 Å². The van der Waals surface area contributed by atoms with Gasteiger partial charge in [0.05, 0.1) is 11.7 Å². The van der Waals surface area contributed by atoms with Gasteiger partial charge in [-0.25, -0.2) is 0 Å². The molecule has 2 aromatic carbocycles. The SMILES string of the molecule is B[C@@](OC(=O)C1CCC(C(C)C)CC1)(c1ccccc1)[C@H](OC(=C)C1CCC(C(C)C)CC1)c1ccccc1. The Morgan fingerprint density at radius 3 is 1.72 bits per heavy atom. The summed E-state index contributed by atoms with van der Waals surface area (Å²) in [5, 5.41) is 0. The second-order valence-electron chi connectivity index (χ2n) is 13.0. The molecule has 2 fully saturated rings. The Morgan fingerprint density at radius 2 is 1.23 bits per heavy atom. The van der Waals surface area contributed by atoms with Crippen molar-refractivity contribution in [2.24, 2.45) is 35.5 Å². The first-order chi connectivity index (χ1) is 18.7. The zero-order valence-electron chi connectivity index (χ0n) is 24.9. The summed E-state index contributed by atoms with van der Waals surface area (Å²) in [5.74, 6) is 3.84. The van der Waals surface area contributed by atoms with Crippen LogP contribution in [0.1, 0.15) is 96.3 Å². The zero-order valence-corrected chi connectivity index (χ0v) is 24.9. The van der Waals surface area contributed by atoms with Crippen molar-refractivity contribution in [2.75, 3.05) is 0 Å².